The maximum Gasteiger partial charge on any atom is 0.394 e. The van der Waals surface area contributed by atoms with E-state index in [9.17, 15) is 13.2 Å². The van der Waals surface area contributed by atoms with Gasteiger partial charge in [0.1, 0.15) is 0 Å². The summed E-state index contributed by atoms with van der Waals surface area (Å²) in [6, 6.07) is 10.7. The number of halogens is 4. The molecule has 0 spiro atoms. The number of hydrogen-bond acceptors (Lipinski definition) is 1. The van der Waals surface area contributed by atoms with Crippen LogP contribution in [0, 0.1) is 5.92 Å². The van der Waals surface area contributed by atoms with Crippen LogP contribution >= 0.6 is 11.6 Å². The molecule has 0 atom stereocenters. The van der Waals surface area contributed by atoms with Gasteiger partial charge in [0, 0.05) is 41.1 Å². The summed E-state index contributed by atoms with van der Waals surface area (Å²) in [5.41, 5.74) is 3.31. The van der Waals surface area contributed by atoms with Crippen molar-refractivity contribution >= 4 is 28.2 Å². The SMILES string of the molecule is CC1CCC(n2ccc3cc(-c4ccn5c(CC(F)(F)F)cnc5c4Cl)ccc32)CC1. The normalized spacial score (nSPS) is 20.0. The topological polar surface area (TPSA) is 22.2 Å². The van der Waals surface area contributed by atoms with Crippen LogP contribution < -0.4 is 0 Å². The third-order valence-corrected chi connectivity index (χ3v) is 6.86. The van der Waals surface area contributed by atoms with Crippen molar-refractivity contribution < 1.29 is 13.2 Å². The first-order chi connectivity index (χ1) is 14.8. The minimum absolute atomic E-state index is 0.0743. The van der Waals surface area contributed by atoms with Crippen molar-refractivity contribution in [1.29, 1.82) is 0 Å². The largest absolute Gasteiger partial charge is 0.394 e. The number of pyridine rings is 1. The molecule has 1 aromatic carbocycles. The number of aromatic nitrogens is 3. The van der Waals surface area contributed by atoms with Crippen molar-refractivity contribution in [3.8, 4) is 11.1 Å². The fourth-order valence-electron chi connectivity index (χ4n) is 4.80. The van der Waals surface area contributed by atoms with Gasteiger partial charge in [0.05, 0.1) is 17.1 Å². The lowest BCUT2D eigenvalue weighted by Gasteiger charge is -2.28. The van der Waals surface area contributed by atoms with Gasteiger partial charge in [-0.3, -0.25) is 0 Å². The Morgan fingerprint density at radius 2 is 1.84 bits per heavy atom. The molecule has 7 heteroatoms. The predicted molar refractivity (Wildman–Crippen MR) is 118 cm³/mol. The minimum atomic E-state index is -4.30. The number of alkyl halides is 3. The highest BCUT2D eigenvalue weighted by Crippen LogP contribution is 2.37. The third kappa shape index (κ3) is 3.82. The van der Waals surface area contributed by atoms with E-state index in [1.807, 2.05) is 6.07 Å². The molecule has 0 unspecified atom stereocenters. The van der Waals surface area contributed by atoms with Gasteiger partial charge >= 0.3 is 6.18 Å². The van der Waals surface area contributed by atoms with Crippen LogP contribution in [0.5, 0.6) is 0 Å². The zero-order valence-electron chi connectivity index (χ0n) is 17.2. The van der Waals surface area contributed by atoms with Crippen LogP contribution in [0.3, 0.4) is 0 Å². The van der Waals surface area contributed by atoms with Crippen molar-refractivity contribution in [2.45, 2.75) is 51.2 Å². The van der Waals surface area contributed by atoms with Crippen molar-refractivity contribution in [1.82, 2.24) is 14.0 Å². The summed E-state index contributed by atoms with van der Waals surface area (Å²) in [4.78, 5) is 4.15. The average Bonchev–Trinajstić information content (AvgIpc) is 3.32. The van der Waals surface area contributed by atoms with E-state index in [1.165, 1.54) is 41.8 Å². The number of fused-ring (bicyclic) bond motifs is 2. The molecule has 0 saturated heterocycles. The molecule has 0 radical (unpaired) electrons. The Morgan fingerprint density at radius 1 is 1.06 bits per heavy atom. The summed E-state index contributed by atoms with van der Waals surface area (Å²) >= 11 is 6.58. The zero-order valence-corrected chi connectivity index (χ0v) is 17.9. The van der Waals surface area contributed by atoms with Crippen LogP contribution in [0.4, 0.5) is 13.2 Å². The Labute approximate surface area is 183 Å². The Balaban J connectivity index is 1.50. The van der Waals surface area contributed by atoms with Crippen LogP contribution in [0.15, 0.2) is 48.9 Å². The maximum atomic E-state index is 12.8. The van der Waals surface area contributed by atoms with Gasteiger partial charge in [0.15, 0.2) is 5.65 Å². The first kappa shape index (κ1) is 20.4. The fourth-order valence-corrected chi connectivity index (χ4v) is 5.11. The van der Waals surface area contributed by atoms with Gasteiger partial charge in [0.25, 0.3) is 0 Å². The van der Waals surface area contributed by atoms with E-state index in [0.29, 0.717) is 16.7 Å². The quantitative estimate of drug-likeness (QED) is 0.320. The Kier molecular flexibility index (Phi) is 5.00. The molecule has 0 aliphatic heterocycles. The van der Waals surface area contributed by atoms with Gasteiger partial charge in [-0.2, -0.15) is 13.2 Å². The van der Waals surface area contributed by atoms with E-state index in [0.717, 1.165) is 22.4 Å². The molecule has 1 saturated carbocycles. The lowest BCUT2D eigenvalue weighted by molar-refractivity contribution is -0.127. The first-order valence-electron chi connectivity index (χ1n) is 10.6. The van der Waals surface area contributed by atoms with Crippen molar-refractivity contribution in [2.24, 2.45) is 5.92 Å². The van der Waals surface area contributed by atoms with Gasteiger partial charge in [-0.25, -0.2) is 4.98 Å². The molecule has 31 heavy (non-hydrogen) atoms. The van der Waals surface area contributed by atoms with Crippen molar-refractivity contribution in [2.75, 3.05) is 0 Å². The van der Waals surface area contributed by atoms with Crippen LogP contribution in [0.25, 0.3) is 27.7 Å². The highest BCUT2D eigenvalue weighted by molar-refractivity contribution is 6.36. The minimum Gasteiger partial charge on any atom is -0.344 e. The molecule has 1 aliphatic carbocycles. The molecule has 3 nitrogen and oxygen atoms in total. The second-order valence-corrected chi connectivity index (χ2v) is 9.07. The number of imidazole rings is 1. The van der Waals surface area contributed by atoms with Crippen molar-refractivity contribution in [3.63, 3.8) is 0 Å². The molecule has 3 aromatic heterocycles. The van der Waals surface area contributed by atoms with Gasteiger partial charge in [-0.05, 0) is 61.4 Å². The van der Waals surface area contributed by atoms with Gasteiger partial charge in [0.2, 0.25) is 0 Å². The second-order valence-electron chi connectivity index (χ2n) is 8.69. The van der Waals surface area contributed by atoms with Gasteiger partial charge in [-0.1, -0.05) is 24.6 Å². The molecule has 0 bridgehead atoms. The molecular weight excluding hydrogens is 423 g/mol. The molecule has 1 fully saturated rings. The van der Waals surface area contributed by atoms with Crippen LogP contribution in [-0.4, -0.2) is 20.1 Å². The summed E-state index contributed by atoms with van der Waals surface area (Å²) < 4.78 is 42.3. The average molecular weight is 446 g/mol. The lowest BCUT2D eigenvalue weighted by Crippen LogP contribution is -2.15. The summed E-state index contributed by atoms with van der Waals surface area (Å²) in [7, 11) is 0. The molecule has 4 aromatic rings. The first-order valence-corrected chi connectivity index (χ1v) is 11.0. The van der Waals surface area contributed by atoms with E-state index in [-0.39, 0.29) is 5.69 Å². The molecule has 0 N–H and O–H groups in total. The standard InChI is InChI=1S/C24H23ClF3N3/c1-15-2-5-18(6-3-15)30-10-8-17-12-16(4-7-21(17)30)20-9-11-31-19(13-24(26,27)28)14-29-23(31)22(20)25/h4,7-12,14-15,18H,2-3,5-6,13H2,1H3. The number of nitrogens with zero attached hydrogens (tertiary/aromatic N) is 3. The van der Waals surface area contributed by atoms with Crippen molar-refractivity contribution in [3.05, 3.63) is 59.6 Å². The summed E-state index contributed by atoms with van der Waals surface area (Å²) in [6.07, 6.45) is 4.62. The van der Waals surface area contributed by atoms with Crippen LogP contribution in [0.1, 0.15) is 44.3 Å². The Bertz CT molecular complexity index is 1250. The molecule has 1 aliphatic rings. The molecular formula is C24H23ClF3N3. The fraction of sp³-hybridized carbons (Fsp3) is 0.375. The zero-order chi connectivity index (χ0) is 21.8. The molecule has 162 valence electrons. The summed E-state index contributed by atoms with van der Waals surface area (Å²) in [6.45, 7) is 2.32. The Hall–Kier alpha value is -2.47. The highest BCUT2D eigenvalue weighted by atomic mass is 35.5. The molecule has 3 heterocycles. The Morgan fingerprint density at radius 3 is 2.58 bits per heavy atom. The summed E-state index contributed by atoms with van der Waals surface area (Å²) in [5.74, 6) is 0.807. The molecule has 0 amide bonds. The second kappa shape index (κ2) is 7.59. The van der Waals surface area contributed by atoms with Crippen LogP contribution in [0.2, 0.25) is 5.02 Å². The lowest BCUT2D eigenvalue weighted by atomic mass is 9.87. The third-order valence-electron chi connectivity index (χ3n) is 6.49. The summed E-state index contributed by atoms with van der Waals surface area (Å²) in [5, 5.41) is 1.49. The monoisotopic (exact) mass is 445 g/mol. The van der Waals surface area contributed by atoms with Gasteiger partial charge < -0.3 is 8.97 Å². The van der Waals surface area contributed by atoms with E-state index >= 15 is 0 Å². The number of rotatable bonds is 3. The van der Waals surface area contributed by atoms with E-state index in [4.69, 9.17) is 11.6 Å². The maximum absolute atomic E-state index is 12.8. The van der Waals surface area contributed by atoms with Crippen LogP contribution in [-0.2, 0) is 6.42 Å². The number of benzene rings is 1. The molecule has 5 rings (SSSR count). The van der Waals surface area contributed by atoms with E-state index in [2.05, 4.69) is 40.9 Å². The van der Waals surface area contributed by atoms with Gasteiger partial charge in [-0.15, -0.1) is 0 Å². The smallest absolute Gasteiger partial charge is 0.344 e. The highest BCUT2D eigenvalue weighted by Gasteiger charge is 2.29. The number of hydrogen-bond donors (Lipinski definition) is 0. The predicted octanol–water partition coefficient (Wildman–Crippen LogP) is 7.47. The van der Waals surface area contributed by atoms with E-state index in [1.54, 1.807) is 12.3 Å². The van der Waals surface area contributed by atoms with E-state index < -0.39 is 12.6 Å².